The molecule has 0 spiro atoms. The Kier molecular flexibility index (Phi) is 65.8. The van der Waals surface area contributed by atoms with Crippen molar-refractivity contribution >= 4 is 17.9 Å². The highest BCUT2D eigenvalue weighted by molar-refractivity contribution is 5.71. The number of ether oxygens (including phenoxy) is 3. The average molecular weight is 1150 g/mol. The molecule has 0 aromatic heterocycles. The van der Waals surface area contributed by atoms with E-state index in [1.807, 2.05) is 0 Å². The maximum absolute atomic E-state index is 12.9. The minimum atomic E-state index is -0.792. The lowest BCUT2D eigenvalue weighted by Gasteiger charge is -2.18. The molecule has 0 aromatic rings. The Labute approximate surface area is 512 Å². The van der Waals surface area contributed by atoms with E-state index >= 15 is 0 Å². The highest BCUT2D eigenvalue weighted by atomic mass is 16.6. The molecule has 0 aliphatic carbocycles. The van der Waals surface area contributed by atoms with Crippen LogP contribution in [0.1, 0.15) is 303 Å². The molecule has 6 nitrogen and oxygen atoms in total. The van der Waals surface area contributed by atoms with Crippen molar-refractivity contribution in [2.24, 2.45) is 0 Å². The molecule has 470 valence electrons. The summed E-state index contributed by atoms with van der Waals surface area (Å²) < 4.78 is 16.9. The zero-order valence-electron chi connectivity index (χ0n) is 53.9. The van der Waals surface area contributed by atoms with E-state index in [1.54, 1.807) is 0 Å². The van der Waals surface area contributed by atoms with Gasteiger partial charge in [0, 0.05) is 19.3 Å². The molecule has 0 fully saturated rings. The van der Waals surface area contributed by atoms with Crippen LogP contribution >= 0.6 is 0 Å². The van der Waals surface area contributed by atoms with Gasteiger partial charge in [-0.05, 0) is 122 Å². The van der Waals surface area contributed by atoms with Crippen LogP contribution < -0.4 is 0 Å². The molecule has 1 unspecified atom stereocenters. The van der Waals surface area contributed by atoms with Crippen molar-refractivity contribution in [2.45, 2.75) is 309 Å². The Morgan fingerprint density at radius 2 is 0.470 bits per heavy atom. The van der Waals surface area contributed by atoms with Gasteiger partial charge in [-0.3, -0.25) is 14.4 Å². The van der Waals surface area contributed by atoms with E-state index in [4.69, 9.17) is 14.2 Å². The van der Waals surface area contributed by atoms with Gasteiger partial charge in [0.15, 0.2) is 6.10 Å². The summed E-state index contributed by atoms with van der Waals surface area (Å²) >= 11 is 0. The van der Waals surface area contributed by atoms with E-state index in [9.17, 15) is 14.4 Å². The molecule has 0 heterocycles. The molecule has 0 bridgehead atoms. The van der Waals surface area contributed by atoms with Crippen LogP contribution in [0.15, 0.2) is 146 Å². The van der Waals surface area contributed by atoms with Crippen molar-refractivity contribution < 1.29 is 28.6 Å². The molecule has 1 atom stereocenters. The van der Waals surface area contributed by atoms with E-state index < -0.39 is 6.10 Å². The van der Waals surface area contributed by atoms with Crippen LogP contribution in [-0.2, 0) is 28.6 Å². The quantitative estimate of drug-likeness (QED) is 0.0261. The Bertz CT molecular complexity index is 1800. The summed E-state index contributed by atoms with van der Waals surface area (Å²) in [5.41, 5.74) is 0. The first-order valence-electron chi connectivity index (χ1n) is 34.3. The predicted molar refractivity (Wildman–Crippen MR) is 362 cm³/mol. The maximum atomic E-state index is 12.9. The molecule has 0 saturated heterocycles. The van der Waals surface area contributed by atoms with E-state index in [0.29, 0.717) is 19.3 Å². The number of allylic oxidation sites excluding steroid dienone is 24. The summed E-state index contributed by atoms with van der Waals surface area (Å²) in [4.78, 5) is 38.4. The standard InChI is InChI=1S/C77H126O6/c1-4-7-10-13-16-19-22-24-26-28-30-32-34-36-38-40-42-44-46-48-50-52-55-58-61-64-67-70-76(79)82-73-74(72-81-75(78)69-66-63-60-57-54-21-18-15-12-9-6-3)83-77(80)71-68-65-62-59-56-53-51-49-47-45-43-41-39-37-35-33-31-29-27-25-23-20-17-14-11-8-5-2/h7-8,10-11,16-17,19-20,24-27,30-33,36-39,42-45,74H,4-6,9,12-15,18,21-23,28-29,34-35,40-41,46-73H2,1-3H3/b10-7-,11-8-,19-16-,20-17-,26-24-,27-25-,32-30-,33-31-,38-36-,39-37-,44-42-,45-43-. The van der Waals surface area contributed by atoms with Crippen molar-refractivity contribution in [3.8, 4) is 0 Å². The van der Waals surface area contributed by atoms with Crippen LogP contribution in [0.4, 0.5) is 0 Å². The SMILES string of the molecule is CC/C=C\C/C=C\C/C=C\C/C=C\C/C=C\C/C=C\CCCCCCCCCCC(=O)OCC(COC(=O)CCCCCCCCCCCCC)OC(=O)CCCCCCCCCC/C=C\C/C=C\C/C=C\C/C=C\C/C=C\C/C=C\CC. The van der Waals surface area contributed by atoms with Gasteiger partial charge in [0.25, 0.3) is 0 Å². The van der Waals surface area contributed by atoms with Crippen LogP contribution in [0.3, 0.4) is 0 Å². The summed E-state index contributed by atoms with van der Waals surface area (Å²) in [7, 11) is 0. The Balaban J connectivity index is 4.32. The third-order valence-corrected chi connectivity index (χ3v) is 14.3. The maximum Gasteiger partial charge on any atom is 0.306 e. The Hall–Kier alpha value is -4.71. The lowest BCUT2D eigenvalue weighted by Crippen LogP contribution is -2.30. The number of hydrogen-bond acceptors (Lipinski definition) is 6. The Morgan fingerprint density at radius 1 is 0.253 bits per heavy atom. The minimum absolute atomic E-state index is 0.0859. The van der Waals surface area contributed by atoms with Gasteiger partial charge in [-0.1, -0.05) is 308 Å². The number of rotatable bonds is 61. The fourth-order valence-electron chi connectivity index (χ4n) is 9.27. The zero-order chi connectivity index (χ0) is 59.9. The van der Waals surface area contributed by atoms with Crippen LogP contribution in [0.25, 0.3) is 0 Å². The van der Waals surface area contributed by atoms with Crippen molar-refractivity contribution in [2.75, 3.05) is 13.2 Å². The van der Waals surface area contributed by atoms with Crippen LogP contribution in [0.5, 0.6) is 0 Å². The van der Waals surface area contributed by atoms with E-state index in [0.717, 1.165) is 148 Å². The number of hydrogen-bond donors (Lipinski definition) is 0. The number of carbonyl (C=O) groups excluding carboxylic acids is 3. The third-order valence-electron chi connectivity index (χ3n) is 14.3. The van der Waals surface area contributed by atoms with Crippen LogP contribution in [-0.4, -0.2) is 37.2 Å². The molecule has 6 heteroatoms. The number of carbonyl (C=O) groups is 3. The first kappa shape index (κ1) is 78.3. The van der Waals surface area contributed by atoms with Gasteiger partial charge in [-0.2, -0.15) is 0 Å². The van der Waals surface area contributed by atoms with Gasteiger partial charge in [-0.15, -0.1) is 0 Å². The highest BCUT2D eigenvalue weighted by Crippen LogP contribution is 2.16. The molecule has 0 N–H and O–H groups in total. The van der Waals surface area contributed by atoms with Crippen molar-refractivity contribution in [3.63, 3.8) is 0 Å². The van der Waals surface area contributed by atoms with E-state index in [2.05, 4.69) is 167 Å². The third kappa shape index (κ3) is 68.0. The molecule has 0 rings (SSSR count). The average Bonchev–Trinajstić information content (AvgIpc) is 3.48. The molecule has 0 saturated carbocycles. The van der Waals surface area contributed by atoms with Gasteiger partial charge < -0.3 is 14.2 Å². The highest BCUT2D eigenvalue weighted by Gasteiger charge is 2.19. The van der Waals surface area contributed by atoms with E-state index in [-0.39, 0.29) is 31.1 Å². The molecular formula is C77H126O6. The summed E-state index contributed by atoms with van der Waals surface area (Å²) in [6.45, 7) is 6.41. The summed E-state index contributed by atoms with van der Waals surface area (Å²) in [5.74, 6) is -0.899. The smallest absolute Gasteiger partial charge is 0.306 e. The van der Waals surface area contributed by atoms with Gasteiger partial charge in [0.2, 0.25) is 0 Å². The lowest BCUT2D eigenvalue weighted by molar-refractivity contribution is -0.167. The topological polar surface area (TPSA) is 78.9 Å². The first-order valence-corrected chi connectivity index (χ1v) is 34.3. The zero-order valence-corrected chi connectivity index (χ0v) is 53.9. The normalized spacial score (nSPS) is 13.0. The van der Waals surface area contributed by atoms with Crippen molar-refractivity contribution in [1.82, 2.24) is 0 Å². The number of unbranched alkanes of at least 4 members (excludes halogenated alkanes) is 26. The molecule has 0 aliphatic rings. The second-order valence-electron chi connectivity index (χ2n) is 22.3. The van der Waals surface area contributed by atoms with Gasteiger partial charge in [0.1, 0.15) is 13.2 Å². The monoisotopic (exact) mass is 1150 g/mol. The fraction of sp³-hybridized carbons (Fsp3) is 0.649. The largest absolute Gasteiger partial charge is 0.462 e. The summed E-state index contributed by atoms with van der Waals surface area (Å²) in [6, 6.07) is 0. The molecule has 0 aromatic carbocycles. The molecular weight excluding hydrogens is 1020 g/mol. The summed E-state index contributed by atoms with van der Waals surface area (Å²) in [5, 5.41) is 0. The van der Waals surface area contributed by atoms with Gasteiger partial charge >= 0.3 is 17.9 Å². The second kappa shape index (κ2) is 69.8. The van der Waals surface area contributed by atoms with Crippen molar-refractivity contribution in [1.29, 1.82) is 0 Å². The minimum Gasteiger partial charge on any atom is -0.462 e. The fourth-order valence-corrected chi connectivity index (χ4v) is 9.27. The molecule has 0 radical (unpaired) electrons. The predicted octanol–water partition coefficient (Wildman–Crippen LogP) is 23.9. The second-order valence-corrected chi connectivity index (χ2v) is 22.3. The van der Waals surface area contributed by atoms with E-state index in [1.165, 1.54) is 116 Å². The molecule has 83 heavy (non-hydrogen) atoms. The van der Waals surface area contributed by atoms with Crippen molar-refractivity contribution in [3.05, 3.63) is 146 Å². The summed E-state index contributed by atoms with van der Waals surface area (Å²) in [6.07, 6.45) is 100. The van der Waals surface area contributed by atoms with Gasteiger partial charge in [-0.25, -0.2) is 0 Å². The van der Waals surface area contributed by atoms with Gasteiger partial charge in [0.05, 0.1) is 0 Å². The Morgan fingerprint density at radius 3 is 0.735 bits per heavy atom. The number of esters is 3. The van der Waals surface area contributed by atoms with Crippen LogP contribution in [0.2, 0.25) is 0 Å². The molecule has 0 aliphatic heterocycles. The first-order chi connectivity index (χ1) is 41.0. The van der Waals surface area contributed by atoms with Crippen LogP contribution in [0, 0.1) is 0 Å². The lowest BCUT2D eigenvalue weighted by atomic mass is 10.1. The molecule has 0 amide bonds.